The molecule has 0 aliphatic heterocycles. The second kappa shape index (κ2) is 4.94. The van der Waals surface area contributed by atoms with Gasteiger partial charge in [0.25, 0.3) is 0 Å². The Labute approximate surface area is 108 Å². The topological polar surface area (TPSA) is 17.1 Å². The minimum Gasteiger partial charge on any atom is -0.293 e. The van der Waals surface area contributed by atoms with Gasteiger partial charge in [-0.1, -0.05) is 39.1 Å². The molecule has 0 aromatic heterocycles. The smallest absolute Gasteiger partial charge is 0.293 e. The Morgan fingerprint density at radius 2 is 1.81 bits per heavy atom. The van der Waals surface area contributed by atoms with Crippen molar-refractivity contribution in [2.24, 2.45) is 0 Å². The first-order valence-corrected chi connectivity index (χ1v) is 5.80. The number of rotatable bonds is 2. The molecule has 0 unspecified atom stereocenters. The average molecular weight is 336 g/mol. The van der Waals surface area contributed by atoms with E-state index in [1.807, 2.05) is 0 Å². The van der Waals surface area contributed by atoms with Crippen LogP contribution in [-0.2, 0) is 6.18 Å². The fourth-order valence-electron chi connectivity index (χ4n) is 1.05. The van der Waals surface area contributed by atoms with Gasteiger partial charge in [0.15, 0.2) is 5.78 Å². The molecule has 0 heterocycles. The number of halogens is 6. The summed E-state index contributed by atoms with van der Waals surface area (Å²) in [5.41, 5.74) is -1.08. The van der Waals surface area contributed by atoms with Gasteiger partial charge in [0.2, 0.25) is 0 Å². The predicted octanol–water partition coefficient (Wildman–Crippen LogP) is 4.59. The number of hydrogen-bond acceptors (Lipinski definition) is 1. The molecule has 0 fully saturated rings. The van der Waals surface area contributed by atoms with E-state index < -0.39 is 22.5 Å². The van der Waals surface area contributed by atoms with E-state index in [0.29, 0.717) is 6.07 Å². The first-order chi connectivity index (χ1) is 7.27. The molecule has 0 aliphatic rings. The van der Waals surface area contributed by atoms with E-state index in [1.54, 1.807) is 0 Å². The van der Waals surface area contributed by atoms with E-state index in [0.717, 1.165) is 6.07 Å². The number of alkyl halides is 4. The molecule has 0 amide bonds. The van der Waals surface area contributed by atoms with Crippen molar-refractivity contribution in [3.63, 3.8) is 0 Å². The minimum absolute atomic E-state index is 0.0310. The van der Waals surface area contributed by atoms with Crippen LogP contribution in [0.5, 0.6) is 0 Å². The van der Waals surface area contributed by atoms with Gasteiger partial charge in [-0.3, -0.25) is 4.79 Å². The number of Topliss-reactive ketones (excluding diaryl/α,β-unsaturated/α-hetero) is 1. The number of carbonyl (C=O) groups excluding carboxylic acids is 1. The molecule has 1 rings (SSSR count). The van der Waals surface area contributed by atoms with Crippen LogP contribution in [0.1, 0.15) is 15.9 Å². The lowest BCUT2D eigenvalue weighted by atomic mass is 10.1. The summed E-state index contributed by atoms with van der Waals surface area (Å²) in [6.45, 7) is 0. The predicted molar refractivity (Wildman–Crippen MR) is 59.6 cm³/mol. The van der Waals surface area contributed by atoms with Crippen molar-refractivity contribution in [2.45, 2.75) is 6.18 Å². The second-order valence-electron chi connectivity index (χ2n) is 2.87. The van der Waals surface area contributed by atoms with Gasteiger partial charge >= 0.3 is 6.18 Å². The highest BCUT2D eigenvalue weighted by molar-refractivity contribution is 9.09. The normalized spacial score (nSPS) is 11.6. The van der Waals surface area contributed by atoms with Crippen molar-refractivity contribution < 1.29 is 18.0 Å². The van der Waals surface area contributed by atoms with E-state index in [9.17, 15) is 18.0 Å². The Hall–Kier alpha value is -0.260. The highest BCUT2D eigenvalue weighted by Crippen LogP contribution is 2.37. The molecular formula is C9H4BrCl2F3O. The Balaban J connectivity index is 3.33. The van der Waals surface area contributed by atoms with E-state index in [2.05, 4.69) is 15.9 Å². The molecule has 1 nitrogen and oxygen atoms in total. The standard InChI is InChI=1S/C9H4BrCl2F3O/c10-3-8(16)4-1-7(12)5(2-6(4)11)9(13,14)15/h1-2H,3H2. The van der Waals surface area contributed by atoms with Gasteiger partial charge in [0.05, 0.1) is 20.9 Å². The molecule has 88 valence electrons. The van der Waals surface area contributed by atoms with Crippen molar-refractivity contribution in [2.75, 3.05) is 5.33 Å². The van der Waals surface area contributed by atoms with Crippen molar-refractivity contribution in [3.8, 4) is 0 Å². The maximum absolute atomic E-state index is 12.4. The quantitative estimate of drug-likeness (QED) is 0.570. The lowest BCUT2D eigenvalue weighted by Crippen LogP contribution is -2.08. The summed E-state index contributed by atoms with van der Waals surface area (Å²) < 4.78 is 37.2. The van der Waals surface area contributed by atoms with Crippen molar-refractivity contribution in [3.05, 3.63) is 33.3 Å². The third kappa shape index (κ3) is 2.90. The Morgan fingerprint density at radius 3 is 2.25 bits per heavy atom. The van der Waals surface area contributed by atoms with E-state index >= 15 is 0 Å². The number of carbonyl (C=O) groups is 1. The number of ketones is 1. The van der Waals surface area contributed by atoms with Crippen LogP contribution in [0.15, 0.2) is 12.1 Å². The molecule has 0 saturated heterocycles. The van der Waals surface area contributed by atoms with Gasteiger partial charge in [-0.2, -0.15) is 13.2 Å². The van der Waals surface area contributed by atoms with Crippen LogP contribution in [-0.4, -0.2) is 11.1 Å². The van der Waals surface area contributed by atoms with Gasteiger partial charge in [0, 0.05) is 5.56 Å². The molecular weight excluding hydrogens is 332 g/mol. The van der Waals surface area contributed by atoms with Gasteiger partial charge in [0.1, 0.15) is 0 Å². The zero-order valence-corrected chi connectivity index (χ0v) is 10.6. The van der Waals surface area contributed by atoms with Crippen LogP contribution >= 0.6 is 39.1 Å². The molecule has 0 aliphatic carbocycles. The van der Waals surface area contributed by atoms with Crippen molar-refractivity contribution in [1.29, 1.82) is 0 Å². The summed E-state index contributed by atoms with van der Waals surface area (Å²) in [4.78, 5) is 11.3. The Morgan fingerprint density at radius 1 is 1.25 bits per heavy atom. The summed E-state index contributed by atoms with van der Waals surface area (Å²) in [5, 5.41) is -0.837. The molecule has 1 aromatic rings. The zero-order chi connectivity index (χ0) is 12.5. The molecule has 7 heteroatoms. The number of benzene rings is 1. The Bertz CT molecular complexity index is 431. The SMILES string of the molecule is O=C(CBr)c1cc(Cl)c(C(F)(F)F)cc1Cl. The van der Waals surface area contributed by atoms with Gasteiger partial charge < -0.3 is 0 Å². The van der Waals surface area contributed by atoms with Gasteiger partial charge in [-0.15, -0.1) is 0 Å². The molecule has 0 radical (unpaired) electrons. The molecule has 0 N–H and O–H groups in total. The molecule has 0 atom stereocenters. The zero-order valence-electron chi connectivity index (χ0n) is 7.54. The Kier molecular flexibility index (Phi) is 4.26. The van der Waals surface area contributed by atoms with Crippen LogP contribution < -0.4 is 0 Å². The molecule has 16 heavy (non-hydrogen) atoms. The van der Waals surface area contributed by atoms with Crippen molar-refractivity contribution >= 4 is 44.9 Å². The van der Waals surface area contributed by atoms with Crippen LogP contribution in [0.25, 0.3) is 0 Å². The molecule has 0 bridgehead atoms. The van der Waals surface area contributed by atoms with E-state index in [1.165, 1.54) is 0 Å². The maximum atomic E-state index is 12.4. The monoisotopic (exact) mass is 334 g/mol. The van der Waals surface area contributed by atoms with Crippen molar-refractivity contribution in [1.82, 2.24) is 0 Å². The first kappa shape index (κ1) is 13.8. The molecule has 0 saturated carbocycles. The molecule has 1 aromatic carbocycles. The van der Waals surface area contributed by atoms with Crippen LogP contribution in [0, 0.1) is 0 Å². The summed E-state index contributed by atoms with van der Waals surface area (Å²) >= 11 is 13.9. The second-order valence-corrected chi connectivity index (χ2v) is 4.24. The van der Waals surface area contributed by atoms with Crippen LogP contribution in [0.3, 0.4) is 0 Å². The third-order valence-electron chi connectivity index (χ3n) is 1.78. The third-order valence-corrected chi connectivity index (χ3v) is 2.92. The molecule has 0 spiro atoms. The fourth-order valence-corrected chi connectivity index (χ4v) is 1.89. The van der Waals surface area contributed by atoms with Crippen LogP contribution in [0.2, 0.25) is 10.0 Å². The van der Waals surface area contributed by atoms with E-state index in [4.69, 9.17) is 23.2 Å². The van der Waals surface area contributed by atoms with Gasteiger partial charge in [-0.25, -0.2) is 0 Å². The summed E-state index contributed by atoms with van der Waals surface area (Å²) in [6.07, 6.45) is -4.59. The lowest BCUT2D eigenvalue weighted by Gasteiger charge is -2.11. The van der Waals surface area contributed by atoms with Crippen LogP contribution in [0.4, 0.5) is 13.2 Å². The maximum Gasteiger partial charge on any atom is 0.417 e. The summed E-state index contributed by atoms with van der Waals surface area (Å²) in [6, 6.07) is 1.58. The highest BCUT2D eigenvalue weighted by atomic mass is 79.9. The van der Waals surface area contributed by atoms with E-state index in [-0.39, 0.29) is 15.9 Å². The number of hydrogen-bond donors (Lipinski definition) is 0. The average Bonchev–Trinajstić information content (AvgIpc) is 2.18. The summed E-state index contributed by atoms with van der Waals surface area (Å²) in [5.74, 6) is -0.430. The largest absolute Gasteiger partial charge is 0.417 e. The lowest BCUT2D eigenvalue weighted by molar-refractivity contribution is -0.137. The minimum atomic E-state index is -4.59. The van der Waals surface area contributed by atoms with Gasteiger partial charge in [-0.05, 0) is 12.1 Å². The highest BCUT2D eigenvalue weighted by Gasteiger charge is 2.34. The fraction of sp³-hybridized carbons (Fsp3) is 0.222. The first-order valence-electron chi connectivity index (χ1n) is 3.92. The summed E-state index contributed by atoms with van der Waals surface area (Å²) in [7, 11) is 0.